The van der Waals surface area contributed by atoms with Crippen LogP contribution in [0.15, 0.2) is 42.5 Å². The summed E-state index contributed by atoms with van der Waals surface area (Å²) in [5.74, 6) is 0.756. The van der Waals surface area contributed by atoms with Crippen LogP contribution >= 0.6 is 11.6 Å². The second kappa shape index (κ2) is 10.0. The summed E-state index contributed by atoms with van der Waals surface area (Å²) in [4.78, 5) is 0. The molecule has 2 atom stereocenters. The number of allylic oxidation sites excluding steroid dienone is 1. The van der Waals surface area contributed by atoms with Gasteiger partial charge in [0.25, 0.3) is 0 Å². The van der Waals surface area contributed by atoms with Gasteiger partial charge in [-0.3, -0.25) is 0 Å². The Hall–Kier alpha value is -0.830. The number of alkyl halides is 1. The van der Waals surface area contributed by atoms with E-state index in [0.717, 1.165) is 18.4 Å². The Morgan fingerprint density at radius 3 is 2.74 bits per heavy atom. The van der Waals surface area contributed by atoms with E-state index >= 15 is 0 Å². The predicted octanol–water partition coefficient (Wildman–Crippen LogP) is 3.78. The van der Waals surface area contributed by atoms with E-state index in [2.05, 4.69) is 0 Å². The molecule has 1 aromatic carbocycles. The second-order valence-electron chi connectivity index (χ2n) is 4.73. The van der Waals surface area contributed by atoms with Crippen LogP contribution in [0.5, 0.6) is 0 Å². The molecule has 0 fully saturated rings. The van der Waals surface area contributed by atoms with Crippen molar-refractivity contribution in [2.45, 2.75) is 32.5 Å². The van der Waals surface area contributed by atoms with Crippen molar-refractivity contribution in [3.63, 3.8) is 0 Å². The first-order chi connectivity index (χ1) is 9.24. The average molecular weight is 283 g/mol. The summed E-state index contributed by atoms with van der Waals surface area (Å²) < 4.78 is 5.62. The largest absolute Gasteiger partial charge is 0.389 e. The van der Waals surface area contributed by atoms with Crippen LogP contribution in [0.3, 0.4) is 0 Å². The zero-order chi connectivity index (χ0) is 13.9. The summed E-state index contributed by atoms with van der Waals surface area (Å²) >= 11 is 5.59. The topological polar surface area (TPSA) is 29.5 Å². The van der Waals surface area contributed by atoms with Crippen molar-refractivity contribution >= 4 is 11.6 Å². The SMILES string of the molecule is C[C@H](COCc1ccccc1)[C@@H](O)/C=C\CCCCl. The van der Waals surface area contributed by atoms with E-state index in [9.17, 15) is 5.11 Å². The number of halogens is 1. The molecule has 2 nitrogen and oxygen atoms in total. The van der Waals surface area contributed by atoms with Crippen LogP contribution in [-0.4, -0.2) is 23.7 Å². The molecule has 0 spiro atoms. The van der Waals surface area contributed by atoms with E-state index in [1.165, 1.54) is 0 Å². The molecule has 0 heterocycles. The van der Waals surface area contributed by atoms with Gasteiger partial charge < -0.3 is 9.84 Å². The normalized spacial score (nSPS) is 14.7. The molecule has 0 aliphatic heterocycles. The molecule has 0 radical (unpaired) electrons. The molecule has 0 saturated carbocycles. The molecule has 1 N–H and O–H groups in total. The smallest absolute Gasteiger partial charge is 0.0768 e. The fraction of sp³-hybridized carbons (Fsp3) is 0.500. The minimum atomic E-state index is -0.453. The first-order valence-corrected chi connectivity index (χ1v) is 7.30. The maximum absolute atomic E-state index is 9.91. The third kappa shape index (κ3) is 7.36. The van der Waals surface area contributed by atoms with Crippen LogP contribution in [0.1, 0.15) is 25.3 Å². The van der Waals surface area contributed by atoms with E-state index < -0.39 is 6.10 Å². The average Bonchev–Trinajstić information content (AvgIpc) is 2.44. The number of aliphatic hydroxyl groups excluding tert-OH is 1. The van der Waals surface area contributed by atoms with Gasteiger partial charge in [-0.1, -0.05) is 49.4 Å². The minimum Gasteiger partial charge on any atom is -0.389 e. The molecule has 3 heteroatoms. The molecule has 0 aromatic heterocycles. The molecule has 0 aliphatic carbocycles. The quantitative estimate of drug-likeness (QED) is 0.424. The van der Waals surface area contributed by atoms with Crippen molar-refractivity contribution in [1.82, 2.24) is 0 Å². The van der Waals surface area contributed by atoms with Crippen LogP contribution in [0, 0.1) is 5.92 Å². The van der Waals surface area contributed by atoms with Crippen molar-refractivity contribution < 1.29 is 9.84 Å². The van der Waals surface area contributed by atoms with E-state index in [0.29, 0.717) is 19.1 Å². The maximum atomic E-state index is 9.91. The highest BCUT2D eigenvalue weighted by atomic mass is 35.5. The Morgan fingerprint density at radius 1 is 1.32 bits per heavy atom. The number of hydrogen-bond acceptors (Lipinski definition) is 2. The Morgan fingerprint density at radius 2 is 2.05 bits per heavy atom. The van der Waals surface area contributed by atoms with Gasteiger partial charge in [0, 0.05) is 11.8 Å². The number of unbranched alkanes of at least 4 members (excludes halogenated alkanes) is 1. The molecule has 1 aromatic rings. The second-order valence-corrected chi connectivity index (χ2v) is 5.11. The molecule has 19 heavy (non-hydrogen) atoms. The van der Waals surface area contributed by atoms with Gasteiger partial charge in [0.2, 0.25) is 0 Å². The summed E-state index contributed by atoms with van der Waals surface area (Å²) in [7, 11) is 0. The zero-order valence-electron chi connectivity index (χ0n) is 11.5. The van der Waals surface area contributed by atoms with Gasteiger partial charge in [-0.05, 0) is 18.4 Å². The third-order valence-electron chi connectivity index (χ3n) is 2.91. The Labute approximate surface area is 121 Å². The zero-order valence-corrected chi connectivity index (χ0v) is 12.2. The van der Waals surface area contributed by atoms with Gasteiger partial charge in [-0.25, -0.2) is 0 Å². The van der Waals surface area contributed by atoms with E-state index in [1.807, 2.05) is 49.4 Å². The highest BCUT2D eigenvalue weighted by Crippen LogP contribution is 2.08. The number of rotatable bonds is 9. The third-order valence-corrected chi connectivity index (χ3v) is 3.18. The highest BCUT2D eigenvalue weighted by Gasteiger charge is 2.10. The lowest BCUT2D eigenvalue weighted by Gasteiger charge is -2.15. The van der Waals surface area contributed by atoms with Crippen molar-refractivity contribution in [3.8, 4) is 0 Å². The lowest BCUT2D eigenvalue weighted by molar-refractivity contribution is 0.0471. The molecule has 0 aliphatic rings. The van der Waals surface area contributed by atoms with Crippen LogP contribution < -0.4 is 0 Å². The molecule has 1 rings (SSSR count). The number of ether oxygens (including phenoxy) is 1. The molecule has 0 bridgehead atoms. The first kappa shape index (κ1) is 16.2. The van der Waals surface area contributed by atoms with Gasteiger partial charge in [-0.15, -0.1) is 11.6 Å². The van der Waals surface area contributed by atoms with Crippen molar-refractivity contribution in [3.05, 3.63) is 48.0 Å². The highest BCUT2D eigenvalue weighted by molar-refractivity contribution is 6.17. The molecular weight excluding hydrogens is 260 g/mol. The van der Waals surface area contributed by atoms with E-state index in [4.69, 9.17) is 16.3 Å². The fourth-order valence-corrected chi connectivity index (χ4v) is 1.81. The Kier molecular flexibility index (Phi) is 8.55. The predicted molar refractivity (Wildman–Crippen MR) is 80.4 cm³/mol. The number of benzene rings is 1. The van der Waals surface area contributed by atoms with Crippen molar-refractivity contribution in [2.75, 3.05) is 12.5 Å². The van der Waals surface area contributed by atoms with Gasteiger partial charge in [-0.2, -0.15) is 0 Å². The maximum Gasteiger partial charge on any atom is 0.0768 e. The fourth-order valence-electron chi connectivity index (χ4n) is 1.66. The summed E-state index contributed by atoms with van der Waals surface area (Å²) in [6.07, 6.45) is 5.23. The summed E-state index contributed by atoms with van der Waals surface area (Å²) in [6.45, 7) is 3.13. The standard InChI is InChI=1S/C16H23ClO2/c1-14(16(18)10-6-3-7-11-17)12-19-13-15-8-4-2-5-9-15/h2,4-6,8-10,14,16,18H,3,7,11-13H2,1H3/b10-6-/t14-,16+/m1/s1. The summed E-state index contributed by atoms with van der Waals surface area (Å²) in [6, 6.07) is 10.1. The van der Waals surface area contributed by atoms with Gasteiger partial charge in [0.05, 0.1) is 19.3 Å². The van der Waals surface area contributed by atoms with Crippen LogP contribution in [0.2, 0.25) is 0 Å². The monoisotopic (exact) mass is 282 g/mol. The van der Waals surface area contributed by atoms with Gasteiger partial charge >= 0.3 is 0 Å². The van der Waals surface area contributed by atoms with Crippen LogP contribution in [0.25, 0.3) is 0 Å². The van der Waals surface area contributed by atoms with E-state index in [-0.39, 0.29) is 5.92 Å². The van der Waals surface area contributed by atoms with Crippen molar-refractivity contribution in [2.24, 2.45) is 5.92 Å². The van der Waals surface area contributed by atoms with Crippen molar-refractivity contribution in [1.29, 1.82) is 0 Å². The number of hydrogen-bond donors (Lipinski definition) is 1. The van der Waals surface area contributed by atoms with Crippen LogP contribution in [0.4, 0.5) is 0 Å². The summed E-state index contributed by atoms with van der Waals surface area (Å²) in [5, 5.41) is 9.91. The van der Waals surface area contributed by atoms with Gasteiger partial charge in [0.1, 0.15) is 0 Å². The molecule has 0 saturated heterocycles. The Balaban J connectivity index is 2.19. The molecule has 0 unspecified atom stereocenters. The number of aliphatic hydroxyl groups is 1. The summed E-state index contributed by atoms with van der Waals surface area (Å²) in [5.41, 5.74) is 1.15. The molecular formula is C16H23ClO2. The molecule has 0 amide bonds. The Bertz CT molecular complexity index is 351. The van der Waals surface area contributed by atoms with Crippen LogP contribution in [-0.2, 0) is 11.3 Å². The first-order valence-electron chi connectivity index (χ1n) is 6.76. The minimum absolute atomic E-state index is 0.0935. The van der Waals surface area contributed by atoms with Gasteiger partial charge in [0.15, 0.2) is 0 Å². The van der Waals surface area contributed by atoms with E-state index in [1.54, 1.807) is 0 Å². The lowest BCUT2D eigenvalue weighted by atomic mass is 10.1. The molecule has 106 valence electrons. The lowest BCUT2D eigenvalue weighted by Crippen LogP contribution is -2.20.